The molecule has 1 N–H and O–H groups in total. The highest BCUT2D eigenvalue weighted by Crippen LogP contribution is 1.71. The van der Waals surface area contributed by atoms with Gasteiger partial charge >= 0.3 is 0 Å². The molecule has 0 saturated carbocycles. The Kier molecular flexibility index (Phi) is 9.09. The number of nitrogens with one attached hydrogen (secondary N) is 1. The second kappa shape index (κ2) is 6.79. The number of hydrogen-bond acceptors (Lipinski definition) is 2. The summed E-state index contributed by atoms with van der Waals surface area (Å²) in [5.74, 6) is 0. The summed E-state index contributed by atoms with van der Waals surface area (Å²) in [5.41, 5.74) is 0. The number of aliphatic imine (C=N–C) groups is 1. The van der Waals surface area contributed by atoms with Gasteiger partial charge in [-0.15, -0.1) is 24.8 Å². The van der Waals surface area contributed by atoms with Gasteiger partial charge in [-0.1, -0.05) is 0 Å². The smallest absolute Gasteiger partial charge is 0.107 e. The summed E-state index contributed by atoms with van der Waals surface area (Å²) in [5, 5.41) is 2.91. The topological polar surface area (TPSA) is 24.4 Å². The standard InChI is InChI=1S/C4H6N2.2ClH/c1-2-5-4-6-3-1;;/h1-3,5H,4H2;2*1H. The van der Waals surface area contributed by atoms with Crippen LogP contribution in [-0.4, -0.2) is 12.9 Å². The van der Waals surface area contributed by atoms with E-state index < -0.39 is 0 Å². The Labute approximate surface area is 60.9 Å². The van der Waals surface area contributed by atoms with E-state index in [9.17, 15) is 0 Å². The molecule has 0 amide bonds. The van der Waals surface area contributed by atoms with Gasteiger partial charge < -0.3 is 5.32 Å². The minimum Gasteiger partial charge on any atom is -0.372 e. The van der Waals surface area contributed by atoms with Crippen LogP contribution >= 0.6 is 24.8 Å². The number of nitrogens with zero attached hydrogens (tertiary/aromatic N) is 1. The Bertz CT molecular complexity index is 78.0. The third-order valence-electron chi connectivity index (χ3n) is 0.588. The van der Waals surface area contributed by atoms with Crippen molar-refractivity contribution in [2.24, 2.45) is 4.99 Å². The van der Waals surface area contributed by atoms with Crippen LogP contribution in [0.1, 0.15) is 0 Å². The van der Waals surface area contributed by atoms with Crippen molar-refractivity contribution in [2.45, 2.75) is 0 Å². The second-order valence-corrected chi connectivity index (χ2v) is 1.05. The first-order valence-electron chi connectivity index (χ1n) is 1.88. The molecule has 4 heteroatoms. The van der Waals surface area contributed by atoms with Crippen LogP contribution < -0.4 is 5.32 Å². The van der Waals surface area contributed by atoms with E-state index in [0.29, 0.717) is 0 Å². The fourth-order valence-corrected chi connectivity index (χ4v) is 0.330. The lowest BCUT2D eigenvalue weighted by Crippen LogP contribution is -2.06. The van der Waals surface area contributed by atoms with Gasteiger partial charge in [0.1, 0.15) is 6.67 Å². The van der Waals surface area contributed by atoms with Crippen molar-refractivity contribution in [3.63, 3.8) is 0 Å². The van der Waals surface area contributed by atoms with Crippen LogP contribution in [0.2, 0.25) is 0 Å². The highest BCUT2D eigenvalue weighted by molar-refractivity contribution is 5.85. The third-order valence-corrected chi connectivity index (χ3v) is 0.588. The molecule has 1 rings (SSSR count). The van der Waals surface area contributed by atoms with Gasteiger partial charge in [0.15, 0.2) is 0 Å². The predicted octanol–water partition coefficient (Wildman–Crippen LogP) is 0.975. The Morgan fingerprint density at radius 1 is 1.38 bits per heavy atom. The summed E-state index contributed by atoms with van der Waals surface area (Å²) >= 11 is 0. The maximum Gasteiger partial charge on any atom is 0.107 e. The predicted molar refractivity (Wildman–Crippen MR) is 40.1 cm³/mol. The Morgan fingerprint density at radius 2 is 2.12 bits per heavy atom. The van der Waals surface area contributed by atoms with E-state index >= 15 is 0 Å². The van der Waals surface area contributed by atoms with E-state index in [1.165, 1.54) is 0 Å². The molecule has 0 unspecified atom stereocenters. The molecule has 0 aromatic carbocycles. The Morgan fingerprint density at radius 3 is 2.25 bits per heavy atom. The molecule has 0 bridgehead atoms. The molecule has 1 aliphatic heterocycles. The van der Waals surface area contributed by atoms with E-state index in [4.69, 9.17) is 0 Å². The van der Waals surface area contributed by atoms with Crippen molar-refractivity contribution >= 4 is 31.0 Å². The summed E-state index contributed by atoms with van der Waals surface area (Å²) in [4.78, 5) is 3.85. The lowest BCUT2D eigenvalue weighted by molar-refractivity contribution is 0.879. The van der Waals surface area contributed by atoms with Crippen LogP contribution in [-0.2, 0) is 0 Å². The molecule has 1 aliphatic rings. The first-order chi connectivity index (χ1) is 3.00. The lowest BCUT2D eigenvalue weighted by Gasteiger charge is -1.94. The molecular weight excluding hydrogens is 147 g/mol. The van der Waals surface area contributed by atoms with Gasteiger partial charge in [-0.25, -0.2) is 0 Å². The molecule has 8 heavy (non-hydrogen) atoms. The zero-order valence-corrected chi connectivity index (χ0v) is 5.84. The number of allylic oxidation sites excluding steroid dienone is 1. The van der Waals surface area contributed by atoms with Gasteiger partial charge in [0, 0.05) is 6.21 Å². The molecule has 0 aromatic heterocycles. The number of hydrogen-bond donors (Lipinski definition) is 1. The fourth-order valence-electron chi connectivity index (χ4n) is 0.330. The monoisotopic (exact) mass is 154 g/mol. The molecular formula is C4H8Cl2N2. The van der Waals surface area contributed by atoms with Crippen LogP contribution in [0.4, 0.5) is 0 Å². The third kappa shape index (κ3) is 3.96. The lowest BCUT2D eigenvalue weighted by atomic mass is 10.6. The summed E-state index contributed by atoms with van der Waals surface area (Å²) in [6, 6.07) is 0. The molecule has 48 valence electrons. The van der Waals surface area contributed by atoms with E-state index in [0.717, 1.165) is 6.67 Å². The van der Waals surface area contributed by atoms with E-state index in [1.54, 1.807) is 6.21 Å². The van der Waals surface area contributed by atoms with Gasteiger partial charge in [0.25, 0.3) is 0 Å². The van der Waals surface area contributed by atoms with Gasteiger partial charge in [-0.2, -0.15) is 0 Å². The molecule has 0 aromatic rings. The molecule has 0 aliphatic carbocycles. The van der Waals surface area contributed by atoms with Crippen molar-refractivity contribution in [3.8, 4) is 0 Å². The van der Waals surface area contributed by atoms with E-state index in [1.807, 2.05) is 12.3 Å². The molecule has 0 spiro atoms. The van der Waals surface area contributed by atoms with Gasteiger partial charge in [0.2, 0.25) is 0 Å². The first kappa shape index (κ1) is 10.7. The number of halogens is 2. The highest BCUT2D eigenvalue weighted by atomic mass is 35.5. The maximum atomic E-state index is 3.85. The summed E-state index contributed by atoms with van der Waals surface area (Å²) in [7, 11) is 0. The zero-order chi connectivity index (χ0) is 4.24. The van der Waals surface area contributed by atoms with Gasteiger partial charge in [0.05, 0.1) is 0 Å². The van der Waals surface area contributed by atoms with Crippen LogP contribution in [0.3, 0.4) is 0 Å². The van der Waals surface area contributed by atoms with E-state index in [2.05, 4.69) is 10.3 Å². The fraction of sp³-hybridized carbons (Fsp3) is 0.250. The maximum absolute atomic E-state index is 3.85. The minimum atomic E-state index is 0. The van der Waals surface area contributed by atoms with Crippen molar-refractivity contribution < 1.29 is 0 Å². The van der Waals surface area contributed by atoms with E-state index in [-0.39, 0.29) is 24.8 Å². The average Bonchev–Trinajstić information content (AvgIpc) is 1.72. The first-order valence-corrected chi connectivity index (χ1v) is 1.88. The van der Waals surface area contributed by atoms with Crippen molar-refractivity contribution in [2.75, 3.05) is 6.67 Å². The molecule has 0 saturated heterocycles. The zero-order valence-electron chi connectivity index (χ0n) is 4.20. The van der Waals surface area contributed by atoms with Gasteiger partial charge in [-0.3, -0.25) is 4.99 Å². The molecule has 0 fully saturated rings. The summed E-state index contributed by atoms with van der Waals surface area (Å²) < 4.78 is 0. The quantitative estimate of drug-likeness (QED) is 0.553. The molecule has 0 radical (unpaired) electrons. The second-order valence-electron chi connectivity index (χ2n) is 1.05. The Hall–Kier alpha value is -0.210. The molecule has 2 nitrogen and oxygen atoms in total. The summed E-state index contributed by atoms with van der Waals surface area (Å²) in [6.07, 6.45) is 5.51. The van der Waals surface area contributed by atoms with Crippen LogP contribution in [0, 0.1) is 0 Å². The van der Waals surface area contributed by atoms with Crippen molar-refractivity contribution in [3.05, 3.63) is 12.3 Å². The average molecular weight is 155 g/mol. The SMILES string of the molecule is C1=CNCN=C1.Cl.Cl. The van der Waals surface area contributed by atoms with Crippen molar-refractivity contribution in [1.82, 2.24) is 5.32 Å². The van der Waals surface area contributed by atoms with Crippen molar-refractivity contribution in [1.29, 1.82) is 0 Å². The number of rotatable bonds is 0. The molecule has 1 heterocycles. The normalized spacial score (nSPS) is 13.0. The van der Waals surface area contributed by atoms with Gasteiger partial charge in [-0.05, 0) is 12.3 Å². The minimum absolute atomic E-state index is 0. The Balaban J connectivity index is 0. The molecule has 0 atom stereocenters. The summed E-state index contributed by atoms with van der Waals surface area (Å²) in [6.45, 7) is 0.733. The van der Waals surface area contributed by atoms with Crippen LogP contribution in [0.25, 0.3) is 0 Å². The highest BCUT2D eigenvalue weighted by Gasteiger charge is 1.73. The largest absolute Gasteiger partial charge is 0.372 e. The van der Waals surface area contributed by atoms with Crippen LogP contribution in [0.5, 0.6) is 0 Å². The van der Waals surface area contributed by atoms with Crippen LogP contribution in [0.15, 0.2) is 17.3 Å².